The highest BCUT2D eigenvalue weighted by Gasteiger charge is 2.31. The van der Waals surface area contributed by atoms with Crippen LogP contribution < -0.4 is 10.4 Å². The van der Waals surface area contributed by atoms with Gasteiger partial charge in [-0.2, -0.15) is 0 Å². The average molecular weight is 381 g/mol. The molecule has 2 N–H and O–H groups in total. The molecular weight excluding hydrogens is 357 g/mol. The molecule has 7 heteroatoms. The fourth-order valence-corrected chi connectivity index (χ4v) is 5.29. The molecule has 2 rings (SSSR count). The number of carboxylic acid groups (broad SMARTS) is 1. The van der Waals surface area contributed by atoms with Crippen LogP contribution in [-0.2, 0) is 14.5 Å². The number of nitrogens with one attached hydrogen (secondary N) is 1. The van der Waals surface area contributed by atoms with Crippen LogP contribution in [0.4, 0.5) is 5.69 Å². The summed E-state index contributed by atoms with van der Waals surface area (Å²) in [5.41, 5.74) is 2.01. The van der Waals surface area contributed by atoms with Crippen molar-refractivity contribution in [3.8, 4) is 0 Å². The Morgan fingerprint density at radius 2 is 1.88 bits per heavy atom. The highest BCUT2D eigenvalue weighted by atomic mass is 32.1. The third-order valence-electron chi connectivity index (χ3n) is 3.86. The van der Waals surface area contributed by atoms with Crippen LogP contribution in [0.3, 0.4) is 0 Å². The zero-order valence-corrected chi connectivity index (χ0v) is 17.0. The molecule has 1 aromatic heterocycles. The third kappa shape index (κ3) is 4.14. The molecule has 0 spiro atoms. The Hall–Kier alpha value is -1.62. The lowest BCUT2D eigenvalue weighted by Gasteiger charge is -2.21. The summed E-state index contributed by atoms with van der Waals surface area (Å²) >= 11 is 1.19. The van der Waals surface area contributed by atoms with Crippen molar-refractivity contribution in [2.75, 3.05) is 12.2 Å². The van der Waals surface area contributed by atoms with Crippen LogP contribution in [0.1, 0.15) is 46.4 Å². The van der Waals surface area contributed by atoms with E-state index in [0.29, 0.717) is 11.0 Å². The van der Waals surface area contributed by atoms with Gasteiger partial charge in [0, 0.05) is 12.0 Å². The zero-order chi connectivity index (χ0) is 19.0. The van der Waals surface area contributed by atoms with Crippen LogP contribution in [0.25, 0.3) is 0 Å². The molecule has 2 aromatic rings. The van der Waals surface area contributed by atoms with E-state index in [2.05, 4.69) is 5.09 Å². The Labute approximate surface area is 152 Å². The topological polar surface area (TPSA) is 75.6 Å². The first-order valence-electron chi connectivity index (χ1n) is 7.87. The van der Waals surface area contributed by atoms with Gasteiger partial charge in [0.15, 0.2) is 0 Å². The largest absolute Gasteiger partial charge is 0.477 e. The van der Waals surface area contributed by atoms with Crippen LogP contribution in [-0.4, -0.2) is 18.2 Å². The summed E-state index contributed by atoms with van der Waals surface area (Å²) < 4.78 is 18.7. The zero-order valence-electron chi connectivity index (χ0n) is 15.3. The van der Waals surface area contributed by atoms with Crippen molar-refractivity contribution in [3.05, 3.63) is 45.1 Å². The second-order valence-electron chi connectivity index (χ2n) is 7.04. The summed E-state index contributed by atoms with van der Waals surface area (Å²) in [7, 11) is -2.08. The molecule has 1 aromatic carbocycles. The number of aryl methyl sites for hydroxylation is 2. The van der Waals surface area contributed by atoms with E-state index < -0.39 is 13.5 Å². The third-order valence-corrected chi connectivity index (χ3v) is 7.59. The van der Waals surface area contributed by atoms with Crippen LogP contribution in [0, 0.1) is 13.8 Å². The monoisotopic (exact) mass is 381 g/mol. The lowest BCUT2D eigenvalue weighted by molar-refractivity contribution is 0.0703. The number of rotatable bonds is 5. The van der Waals surface area contributed by atoms with E-state index in [-0.39, 0.29) is 10.3 Å². The lowest BCUT2D eigenvalue weighted by Crippen LogP contribution is -2.17. The minimum Gasteiger partial charge on any atom is -0.477 e. The minimum absolute atomic E-state index is 0.131. The van der Waals surface area contributed by atoms with Crippen LogP contribution >= 0.6 is 18.9 Å². The molecule has 0 bridgehead atoms. The first-order valence-corrected chi connectivity index (χ1v) is 10.3. The lowest BCUT2D eigenvalue weighted by atomic mass is 9.95. The summed E-state index contributed by atoms with van der Waals surface area (Å²) in [5, 5.41) is 12.9. The maximum absolute atomic E-state index is 13.4. The van der Waals surface area contributed by atoms with E-state index >= 15 is 0 Å². The van der Waals surface area contributed by atoms with Gasteiger partial charge in [0.25, 0.3) is 0 Å². The maximum atomic E-state index is 13.4. The van der Waals surface area contributed by atoms with Gasteiger partial charge in [0.05, 0.1) is 11.0 Å². The number of carbonyl (C=O) groups is 1. The fourth-order valence-electron chi connectivity index (χ4n) is 2.50. The Kier molecular flexibility index (Phi) is 5.47. The van der Waals surface area contributed by atoms with Gasteiger partial charge in [0.1, 0.15) is 4.88 Å². The molecule has 1 unspecified atom stereocenters. The van der Waals surface area contributed by atoms with E-state index in [4.69, 9.17) is 4.52 Å². The van der Waals surface area contributed by atoms with Gasteiger partial charge in [-0.3, -0.25) is 4.57 Å². The van der Waals surface area contributed by atoms with Gasteiger partial charge in [-0.25, -0.2) is 4.79 Å². The van der Waals surface area contributed by atoms with Crippen molar-refractivity contribution in [1.29, 1.82) is 0 Å². The van der Waals surface area contributed by atoms with Crippen molar-refractivity contribution < 1.29 is 19.0 Å². The van der Waals surface area contributed by atoms with Gasteiger partial charge in [-0.05, 0) is 37.0 Å². The van der Waals surface area contributed by atoms with E-state index in [1.54, 1.807) is 12.1 Å². The maximum Gasteiger partial charge on any atom is 0.348 e. The van der Waals surface area contributed by atoms with Gasteiger partial charge in [-0.1, -0.05) is 38.5 Å². The van der Waals surface area contributed by atoms with E-state index in [1.165, 1.54) is 18.4 Å². The number of hydrogen-bond acceptors (Lipinski definition) is 4. The highest BCUT2D eigenvalue weighted by molar-refractivity contribution is 7.68. The van der Waals surface area contributed by atoms with Crippen molar-refractivity contribution in [2.24, 2.45) is 0 Å². The fraction of sp³-hybridized carbons (Fsp3) is 0.389. The second-order valence-corrected chi connectivity index (χ2v) is 10.3. The first-order chi connectivity index (χ1) is 11.5. The van der Waals surface area contributed by atoms with Gasteiger partial charge in [0.2, 0.25) is 0 Å². The molecule has 1 atom stereocenters. The molecule has 0 fully saturated rings. The van der Waals surface area contributed by atoms with Crippen molar-refractivity contribution in [3.63, 3.8) is 0 Å². The molecule has 0 aliphatic heterocycles. The molecule has 0 aliphatic carbocycles. The molecule has 136 valence electrons. The quantitative estimate of drug-likeness (QED) is 0.718. The average Bonchev–Trinajstić information content (AvgIpc) is 2.91. The number of benzene rings is 1. The Morgan fingerprint density at radius 3 is 2.36 bits per heavy atom. The van der Waals surface area contributed by atoms with Crippen LogP contribution in [0.5, 0.6) is 0 Å². The normalized spacial score (nSPS) is 14.2. The summed E-state index contributed by atoms with van der Waals surface area (Å²) in [6.45, 7) is 9.85. The standard InChI is InChI=1S/C18H24NO4PS/c1-11-7-8-14(12(2)9-11)24(22,23-6)19-13-10-15(18(3,4)5)25-16(13)17(20)21/h7-10H,1-6H3,(H,19,22)(H,20,21). The molecular formula is C18H24NO4PS. The Bertz CT molecular complexity index is 851. The number of carboxylic acids is 1. The van der Waals surface area contributed by atoms with Crippen molar-refractivity contribution in [1.82, 2.24) is 0 Å². The molecule has 0 radical (unpaired) electrons. The summed E-state index contributed by atoms with van der Waals surface area (Å²) in [4.78, 5) is 12.7. The molecule has 0 aliphatic rings. The van der Waals surface area contributed by atoms with Crippen LogP contribution in [0.15, 0.2) is 24.3 Å². The van der Waals surface area contributed by atoms with Crippen molar-refractivity contribution >= 4 is 35.8 Å². The Balaban J connectivity index is 2.53. The Morgan fingerprint density at radius 1 is 1.24 bits per heavy atom. The number of anilines is 1. The molecule has 0 amide bonds. The minimum atomic E-state index is -3.44. The predicted octanol–water partition coefficient (Wildman–Crippen LogP) is 4.94. The smallest absolute Gasteiger partial charge is 0.348 e. The molecule has 5 nitrogen and oxygen atoms in total. The number of aromatic carboxylic acids is 1. The summed E-state index contributed by atoms with van der Waals surface area (Å²) in [6.07, 6.45) is 0. The number of hydrogen-bond donors (Lipinski definition) is 2. The summed E-state index contributed by atoms with van der Waals surface area (Å²) in [6, 6.07) is 7.31. The molecule has 25 heavy (non-hydrogen) atoms. The molecule has 0 saturated heterocycles. The predicted molar refractivity (Wildman–Crippen MR) is 104 cm³/mol. The number of thiophene rings is 1. The molecule has 1 heterocycles. The van der Waals surface area contributed by atoms with Gasteiger partial charge in [-0.15, -0.1) is 11.3 Å². The summed E-state index contributed by atoms with van der Waals surface area (Å²) in [5.74, 6) is -1.05. The second kappa shape index (κ2) is 6.94. The van der Waals surface area contributed by atoms with E-state index in [9.17, 15) is 14.5 Å². The first kappa shape index (κ1) is 19.7. The van der Waals surface area contributed by atoms with Gasteiger partial charge >= 0.3 is 13.5 Å². The van der Waals surface area contributed by atoms with Gasteiger partial charge < -0.3 is 14.7 Å². The van der Waals surface area contributed by atoms with E-state index in [1.807, 2.05) is 46.8 Å². The van der Waals surface area contributed by atoms with Crippen LogP contribution in [0.2, 0.25) is 0 Å². The van der Waals surface area contributed by atoms with Crippen molar-refractivity contribution in [2.45, 2.75) is 40.0 Å². The van der Waals surface area contributed by atoms with E-state index in [0.717, 1.165) is 16.0 Å². The SMILES string of the molecule is COP(=O)(Nc1cc(C(C)(C)C)sc1C(=O)O)c1ccc(C)cc1C. The highest BCUT2D eigenvalue weighted by Crippen LogP contribution is 2.48. The molecule has 0 saturated carbocycles.